The molecule has 1 saturated heterocycles. The van der Waals surface area contributed by atoms with Gasteiger partial charge < -0.3 is 24.8 Å². The van der Waals surface area contributed by atoms with Gasteiger partial charge in [-0.3, -0.25) is 14.5 Å². The number of carbonyl (C=O) groups excluding carboxylic acids is 2. The molecule has 2 amide bonds. The number of carbonyl (C=O) groups is 2. The van der Waals surface area contributed by atoms with Crippen molar-refractivity contribution in [3.8, 4) is 5.75 Å². The third-order valence-corrected chi connectivity index (χ3v) is 7.04. The molecule has 1 aromatic rings. The first-order chi connectivity index (χ1) is 19.1. The molecule has 0 saturated carbocycles. The van der Waals surface area contributed by atoms with Gasteiger partial charge in [0.2, 0.25) is 11.8 Å². The minimum absolute atomic E-state index is 0.0122. The SMILES string of the molecule is CCOC[C@@H](CC(C)C)NC(=O)[C@@H]1CNC[C@H](C(=O)N(CC(C)C)c2cc(OCCCOC)c(C(C)C)cn2)C1. The van der Waals surface area contributed by atoms with Crippen molar-refractivity contribution in [1.29, 1.82) is 0 Å². The number of pyridine rings is 1. The third kappa shape index (κ3) is 11.0. The van der Waals surface area contributed by atoms with Crippen molar-refractivity contribution in [2.75, 3.05) is 58.1 Å². The maximum absolute atomic E-state index is 14.0. The van der Waals surface area contributed by atoms with E-state index in [1.54, 1.807) is 12.0 Å². The number of hydrogen-bond acceptors (Lipinski definition) is 7. The predicted octanol–water partition coefficient (Wildman–Crippen LogP) is 4.40. The number of anilines is 1. The summed E-state index contributed by atoms with van der Waals surface area (Å²) in [5, 5.41) is 6.53. The molecule has 9 nitrogen and oxygen atoms in total. The zero-order chi connectivity index (χ0) is 29.7. The van der Waals surface area contributed by atoms with Crippen LogP contribution in [0.15, 0.2) is 12.3 Å². The van der Waals surface area contributed by atoms with E-state index in [4.69, 9.17) is 19.2 Å². The second kappa shape index (κ2) is 17.6. The number of piperidine rings is 1. The zero-order valence-electron chi connectivity index (χ0n) is 26.1. The number of amides is 2. The summed E-state index contributed by atoms with van der Waals surface area (Å²) >= 11 is 0. The average molecular weight is 563 g/mol. The van der Waals surface area contributed by atoms with Crippen molar-refractivity contribution in [2.45, 2.75) is 79.7 Å². The Balaban J connectivity index is 2.21. The van der Waals surface area contributed by atoms with E-state index in [0.29, 0.717) is 64.2 Å². The number of rotatable bonds is 17. The van der Waals surface area contributed by atoms with E-state index in [9.17, 15) is 9.59 Å². The largest absolute Gasteiger partial charge is 0.493 e. The van der Waals surface area contributed by atoms with Crippen molar-refractivity contribution >= 4 is 17.6 Å². The fourth-order valence-corrected chi connectivity index (χ4v) is 5.06. The molecule has 1 aliphatic rings. The Labute approximate surface area is 242 Å². The van der Waals surface area contributed by atoms with Crippen molar-refractivity contribution in [1.82, 2.24) is 15.6 Å². The van der Waals surface area contributed by atoms with Crippen LogP contribution < -0.4 is 20.3 Å². The van der Waals surface area contributed by atoms with Crippen LogP contribution in [0.5, 0.6) is 5.75 Å². The summed E-state index contributed by atoms with van der Waals surface area (Å²) in [7, 11) is 1.68. The average Bonchev–Trinajstić information content (AvgIpc) is 2.91. The van der Waals surface area contributed by atoms with Gasteiger partial charge in [0.15, 0.2) is 0 Å². The quantitative estimate of drug-likeness (QED) is 0.271. The summed E-state index contributed by atoms with van der Waals surface area (Å²) < 4.78 is 16.9. The molecule has 3 atom stereocenters. The van der Waals surface area contributed by atoms with Crippen LogP contribution in [0.2, 0.25) is 0 Å². The van der Waals surface area contributed by atoms with Gasteiger partial charge >= 0.3 is 0 Å². The fraction of sp³-hybridized carbons (Fsp3) is 0.774. The van der Waals surface area contributed by atoms with E-state index < -0.39 is 0 Å². The molecule has 0 spiro atoms. The van der Waals surface area contributed by atoms with Gasteiger partial charge in [0.1, 0.15) is 11.6 Å². The van der Waals surface area contributed by atoms with E-state index in [1.165, 1.54) is 0 Å². The molecule has 1 aromatic heterocycles. The highest BCUT2D eigenvalue weighted by Crippen LogP contribution is 2.31. The van der Waals surface area contributed by atoms with Crippen molar-refractivity contribution in [3.05, 3.63) is 17.8 Å². The van der Waals surface area contributed by atoms with Crippen molar-refractivity contribution < 1.29 is 23.8 Å². The van der Waals surface area contributed by atoms with Gasteiger partial charge in [0.25, 0.3) is 0 Å². The summed E-state index contributed by atoms with van der Waals surface area (Å²) in [6, 6.07) is 1.86. The van der Waals surface area contributed by atoms with E-state index in [1.807, 2.05) is 19.2 Å². The molecule has 2 rings (SSSR count). The molecule has 0 aliphatic carbocycles. The first kappa shape index (κ1) is 34.0. The van der Waals surface area contributed by atoms with E-state index in [-0.39, 0.29) is 41.5 Å². The lowest BCUT2D eigenvalue weighted by Crippen LogP contribution is -2.51. The van der Waals surface area contributed by atoms with Crippen LogP contribution in [0.1, 0.15) is 79.2 Å². The molecule has 2 N–H and O–H groups in total. The molecule has 9 heteroatoms. The highest BCUT2D eigenvalue weighted by Gasteiger charge is 2.35. The summed E-state index contributed by atoms with van der Waals surface area (Å²) in [4.78, 5) is 33.7. The number of aromatic nitrogens is 1. The highest BCUT2D eigenvalue weighted by atomic mass is 16.5. The number of methoxy groups -OCH3 is 1. The minimum Gasteiger partial charge on any atom is -0.493 e. The molecule has 0 radical (unpaired) electrons. The molecule has 0 aromatic carbocycles. The molecule has 0 unspecified atom stereocenters. The van der Waals surface area contributed by atoms with Gasteiger partial charge in [-0.1, -0.05) is 41.5 Å². The maximum atomic E-state index is 14.0. The highest BCUT2D eigenvalue weighted by molar-refractivity contribution is 5.95. The molecule has 1 aliphatic heterocycles. The van der Waals surface area contributed by atoms with Crippen LogP contribution in [-0.4, -0.2) is 76.0 Å². The Hall–Kier alpha value is -2.23. The van der Waals surface area contributed by atoms with E-state index in [0.717, 1.165) is 24.2 Å². The smallest absolute Gasteiger partial charge is 0.232 e. The lowest BCUT2D eigenvalue weighted by atomic mass is 9.88. The van der Waals surface area contributed by atoms with E-state index >= 15 is 0 Å². The molecule has 2 heterocycles. The molecule has 1 fully saturated rings. The van der Waals surface area contributed by atoms with Crippen LogP contribution in [0.3, 0.4) is 0 Å². The van der Waals surface area contributed by atoms with Crippen molar-refractivity contribution in [3.63, 3.8) is 0 Å². The molecule has 228 valence electrons. The Morgan fingerprint density at radius 3 is 2.45 bits per heavy atom. The van der Waals surface area contributed by atoms with Gasteiger partial charge in [0.05, 0.1) is 31.1 Å². The topological polar surface area (TPSA) is 102 Å². The number of ether oxygens (including phenoxy) is 3. The van der Waals surface area contributed by atoms with Gasteiger partial charge in [-0.25, -0.2) is 4.98 Å². The summed E-state index contributed by atoms with van der Waals surface area (Å²) in [5.74, 6) is 1.63. The first-order valence-electron chi connectivity index (χ1n) is 15.1. The summed E-state index contributed by atoms with van der Waals surface area (Å²) in [6.45, 7) is 18.5. The monoisotopic (exact) mass is 562 g/mol. The number of nitrogens with one attached hydrogen (secondary N) is 2. The number of nitrogens with zero attached hydrogens (tertiary/aromatic N) is 2. The van der Waals surface area contributed by atoms with E-state index in [2.05, 4.69) is 52.2 Å². The Kier molecular flexibility index (Phi) is 14.9. The van der Waals surface area contributed by atoms with Crippen LogP contribution in [-0.2, 0) is 19.1 Å². The van der Waals surface area contributed by atoms with Crippen LogP contribution >= 0.6 is 0 Å². The molecule has 0 bridgehead atoms. The van der Waals surface area contributed by atoms with Crippen LogP contribution in [0.25, 0.3) is 0 Å². The number of hydrogen-bond donors (Lipinski definition) is 2. The lowest BCUT2D eigenvalue weighted by Gasteiger charge is -2.34. The second-order valence-corrected chi connectivity index (χ2v) is 12.1. The van der Waals surface area contributed by atoms with Gasteiger partial charge in [-0.15, -0.1) is 0 Å². The molecular formula is C31H54N4O5. The fourth-order valence-electron chi connectivity index (χ4n) is 5.06. The summed E-state index contributed by atoms with van der Waals surface area (Å²) in [6.07, 6.45) is 3.96. The minimum atomic E-state index is -0.323. The van der Waals surface area contributed by atoms with Gasteiger partial charge in [-0.05, 0) is 37.5 Å². The standard InChI is InChI=1S/C31H54N4O5/c1-9-39-20-26(13-21(2)3)34-30(36)24-14-25(17-32-16-24)31(37)35(19-22(4)5)29-15-28(40-12-10-11-38-8)27(18-33-29)23(6)7/h15,18,21-26,32H,9-14,16-17,19-20H2,1-8H3,(H,34,36)/t24-,25+,26+/m0/s1. The normalized spacial score (nSPS) is 18.3. The molecule has 40 heavy (non-hydrogen) atoms. The predicted molar refractivity (Wildman–Crippen MR) is 160 cm³/mol. The Bertz CT molecular complexity index is 908. The first-order valence-corrected chi connectivity index (χ1v) is 15.1. The van der Waals surface area contributed by atoms with Gasteiger partial charge in [0, 0.05) is 64.2 Å². The maximum Gasteiger partial charge on any atom is 0.232 e. The van der Waals surface area contributed by atoms with Crippen LogP contribution in [0.4, 0.5) is 5.82 Å². The van der Waals surface area contributed by atoms with Crippen LogP contribution in [0, 0.1) is 23.7 Å². The Morgan fingerprint density at radius 2 is 1.82 bits per heavy atom. The lowest BCUT2D eigenvalue weighted by molar-refractivity contribution is -0.129. The summed E-state index contributed by atoms with van der Waals surface area (Å²) in [5.41, 5.74) is 1.01. The second-order valence-electron chi connectivity index (χ2n) is 12.1. The van der Waals surface area contributed by atoms with Gasteiger partial charge in [-0.2, -0.15) is 0 Å². The van der Waals surface area contributed by atoms with Crippen molar-refractivity contribution in [2.24, 2.45) is 23.7 Å². The zero-order valence-corrected chi connectivity index (χ0v) is 26.1. The third-order valence-electron chi connectivity index (χ3n) is 7.04. The molecular weight excluding hydrogens is 508 g/mol. The Morgan fingerprint density at radius 1 is 1.10 bits per heavy atom.